The second kappa shape index (κ2) is 5.21. The minimum Gasteiger partial charge on any atom is -0.350 e. The number of carbonyl (C=O) groups excluding carboxylic acids is 2. The van der Waals surface area contributed by atoms with Gasteiger partial charge in [0.1, 0.15) is 6.04 Å². The van der Waals surface area contributed by atoms with E-state index in [1.54, 1.807) is 7.05 Å². The number of likely N-dealkylation sites (N-methyl/N-ethyl adjacent to an activating group) is 1. The van der Waals surface area contributed by atoms with Crippen LogP contribution in [0.4, 0.5) is 0 Å². The topological polar surface area (TPSA) is 49.4 Å². The standard InChI is InChI=1S/C14H18N2O2/c1-10-5-3-4-6-11(10)9-15-14(18)12-7-8-13(17)16(12)2/h3-6,12H,7-9H2,1-2H3,(H,15,18). The van der Waals surface area contributed by atoms with Gasteiger partial charge >= 0.3 is 0 Å². The van der Waals surface area contributed by atoms with Gasteiger partial charge in [0.25, 0.3) is 0 Å². The molecule has 0 bridgehead atoms. The summed E-state index contributed by atoms with van der Waals surface area (Å²) >= 11 is 0. The molecule has 0 saturated carbocycles. The summed E-state index contributed by atoms with van der Waals surface area (Å²) in [7, 11) is 1.69. The fourth-order valence-electron chi connectivity index (χ4n) is 2.22. The number of nitrogens with one attached hydrogen (secondary N) is 1. The van der Waals surface area contributed by atoms with Crippen LogP contribution in [0.15, 0.2) is 24.3 Å². The Bertz CT molecular complexity index is 471. The summed E-state index contributed by atoms with van der Waals surface area (Å²) in [6, 6.07) is 7.65. The molecule has 18 heavy (non-hydrogen) atoms. The van der Waals surface area contributed by atoms with Gasteiger partial charge in [0.05, 0.1) is 0 Å². The number of hydrogen-bond acceptors (Lipinski definition) is 2. The lowest BCUT2D eigenvalue weighted by molar-refractivity contribution is -0.133. The molecule has 1 N–H and O–H groups in total. The first kappa shape index (κ1) is 12.6. The third kappa shape index (κ3) is 2.53. The van der Waals surface area contributed by atoms with Crippen molar-refractivity contribution in [3.05, 3.63) is 35.4 Å². The quantitative estimate of drug-likeness (QED) is 0.872. The minimum atomic E-state index is -0.304. The van der Waals surface area contributed by atoms with E-state index in [0.29, 0.717) is 19.4 Å². The van der Waals surface area contributed by atoms with Gasteiger partial charge in [-0.2, -0.15) is 0 Å². The van der Waals surface area contributed by atoms with Crippen LogP contribution in [0, 0.1) is 6.92 Å². The van der Waals surface area contributed by atoms with Crippen LogP contribution >= 0.6 is 0 Å². The van der Waals surface area contributed by atoms with Crippen LogP contribution < -0.4 is 5.32 Å². The molecule has 1 saturated heterocycles. The first-order valence-electron chi connectivity index (χ1n) is 6.17. The second-order valence-electron chi connectivity index (χ2n) is 4.70. The van der Waals surface area contributed by atoms with Crippen LogP contribution in [-0.2, 0) is 16.1 Å². The summed E-state index contributed by atoms with van der Waals surface area (Å²) < 4.78 is 0. The molecule has 1 aromatic carbocycles. The number of benzene rings is 1. The van der Waals surface area contributed by atoms with E-state index < -0.39 is 0 Å². The van der Waals surface area contributed by atoms with Crippen LogP contribution in [0.25, 0.3) is 0 Å². The third-order valence-electron chi connectivity index (χ3n) is 3.51. The predicted molar refractivity (Wildman–Crippen MR) is 68.8 cm³/mol. The van der Waals surface area contributed by atoms with Crippen LogP contribution in [0.1, 0.15) is 24.0 Å². The Morgan fingerprint density at radius 3 is 2.78 bits per heavy atom. The lowest BCUT2D eigenvalue weighted by Gasteiger charge is -2.19. The summed E-state index contributed by atoms with van der Waals surface area (Å²) in [6.07, 6.45) is 1.09. The molecule has 4 heteroatoms. The fourth-order valence-corrected chi connectivity index (χ4v) is 2.22. The zero-order chi connectivity index (χ0) is 13.1. The first-order chi connectivity index (χ1) is 8.59. The molecule has 0 aliphatic carbocycles. The number of hydrogen-bond donors (Lipinski definition) is 1. The Hall–Kier alpha value is -1.84. The molecule has 96 valence electrons. The van der Waals surface area contributed by atoms with Crippen molar-refractivity contribution in [3.8, 4) is 0 Å². The zero-order valence-corrected chi connectivity index (χ0v) is 10.8. The number of rotatable bonds is 3. The van der Waals surface area contributed by atoms with Crippen molar-refractivity contribution in [2.45, 2.75) is 32.4 Å². The van der Waals surface area contributed by atoms with Crippen molar-refractivity contribution in [2.75, 3.05) is 7.05 Å². The van der Waals surface area contributed by atoms with Gasteiger partial charge < -0.3 is 10.2 Å². The maximum atomic E-state index is 12.0. The molecule has 2 amide bonds. The summed E-state index contributed by atoms with van der Waals surface area (Å²) in [5.74, 6) is -0.0161. The normalized spacial score (nSPS) is 19.1. The van der Waals surface area contributed by atoms with Gasteiger partial charge in [0.2, 0.25) is 11.8 Å². The Morgan fingerprint density at radius 1 is 1.44 bits per heavy atom. The zero-order valence-electron chi connectivity index (χ0n) is 10.8. The van der Waals surface area contributed by atoms with Gasteiger partial charge in [-0.05, 0) is 24.5 Å². The number of likely N-dealkylation sites (tertiary alicyclic amines) is 1. The molecule has 1 aromatic rings. The molecule has 1 fully saturated rings. The molecule has 4 nitrogen and oxygen atoms in total. The minimum absolute atomic E-state index is 0.0473. The number of aryl methyl sites for hydroxylation is 1. The molecule has 1 aliphatic rings. The first-order valence-corrected chi connectivity index (χ1v) is 6.17. The van der Waals surface area contributed by atoms with Crippen molar-refractivity contribution in [3.63, 3.8) is 0 Å². The summed E-state index contributed by atoms with van der Waals surface area (Å²) in [4.78, 5) is 24.9. The van der Waals surface area contributed by atoms with E-state index in [2.05, 4.69) is 5.32 Å². The molecule has 0 spiro atoms. The molecule has 2 rings (SSSR count). The monoisotopic (exact) mass is 246 g/mol. The Balaban J connectivity index is 1.93. The summed E-state index contributed by atoms with van der Waals surface area (Å²) in [6.45, 7) is 2.54. The number of amides is 2. The van der Waals surface area contributed by atoms with E-state index in [4.69, 9.17) is 0 Å². The average molecular weight is 246 g/mol. The number of carbonyl (C=O) groups is 2. The van der Waals surface area contributed by atoms with Crippen LogP contribution in [-0.4, -0.2) is 29.8 Å². The van der Waals surface area contributed by atoms with E-state index in [1.807, 2.05) is 31.2 Å². The fraction of sp³-hybridized carbons (Fsp3) is 0.429. The van der Waals surface area contributed by atoms with Crippen LogP contribution in [0.5, 0.6) is 0 Å². The van der Waals surface area contributed by atoms with Gasteiger partial charge in [0, 0.05) is 20.0 Å². The van der Waals surface area contributed by atoms with Crippen molar-refractivity contribution in [2.24, 2.45) is 0 Å². The highest BCUT2D eigenvalue weighted by atomic mass is 16.2. The molecule has 1 aliphatic heterocycles. The second-order valence-corrected chi connectivity index (χ2v) is 4.70. The SMILES string of the molecule is Cc1ccccc1CNC(=O)C1CCC(=O)N1C. The van der Waals surface area contributed by atoms with Gasteiger partial charge in [-0.1, -0.05) is 24.3 Å². The molecular weight excluding hydrogens is 228 g/mol. The van der Waals surface area contributed by atoms with E-state index in [9.17, 15) is 9.59 Å². The van der Waals surface area contributed by atoms with Crippen molar-refractivity contribution < 1.29 is 9.59 Å². The molecule has 0 aromatic heterocycles. The third-order valence-corrected chi connectivity index (χ3v) is 3.51. The maximum Gasteiger partial charge on any atom is 0.243 e. The lowest BCUT2D eigenvalue weighted by Crippen LogP contribution is -2.42. The Morgan fingerprint density at radius 2 is 2.17 bits per heavy atom. The van der Waals surface area contributed by atoms with Crippen LogP contribution in [0.3, 0.4) is 0 Å². The highest BCUT2D eigenvalue weighted by Gasteiger charge is 2.32. The molecular formula is C14H18N2O2. The highest BCUT2D eigenvalue weighted by Crippen LogP contribution is 2.16. The van der Waals surface area contributed by atoms with E-state index in [-0.39, 0.29) is 17.9 Å². The van der Waals surface area contributed by atoms with Gasteiger partial charge in [-0.25, -0.2) is 0 Å². The summed E-state index contributed by atoms with van der Waals surface area (Å²) in [5.41, 5.74) is 2.27. The lowest BCUT2D eigenvalue weighted by atomic mass is 10.1. The van der Waals surface area contributed by atoms with Crippen molar-refractivity contribution in [1.29, 1.82) is 0 Å². The maximum absolute atomic E-state index is 12.0. The van der Waals surface area contributed by atoms with Gasteiger partial charge in [0.15, 0.2) is 0 Å². The van der Waals surface area contributed by atoms with Crippen LogP contribution in [0.2, 0.25) is 0 Å². The Kier molecular flexibility index (Phi) is 3.65. The molecule has 1 atom stereocenters. The van der Waals surface area contributed by atoms with Crippen molar-refractivity contribution in [1.82, 2.24) is 10.2 Å². The summed E-state index contributed by atoms with van der Waals surface area (Å²) in [5, 5.41) is 2.90. The average Bonchev–Trinajstić information content (AvgIpc) is 2.69. The molecule has 0 radical (unpaired) electrons. The van der Waals surface area contributed by atoms with E-state index in [1.165, 1.54) is 4.90 Å². The highest BCUT2D eigenvalue weighted by molar-refractivity contribution is 5.90. The van der Waals surface area contributed by atoms with E-state index >= 15 is 0 Å². The van der Waals surface area contributed by atoms with Gasteiger partial charge in [-0.3, -0.25) is 9.59 Å². The largest absolute Gasteiger partial charge is 0.350 e. The molecule has 1 unspecified atom stereocenters. The van der Waals surface area contributed by atoms with E-state index in [0.717, 1.165) is 11.1 Å². The Labute approximate surface area is 107 Å². The van der Waals surface area contributed by atoms with Gasteiger partial charge in [-0.15, -0.1) is 0 Å². The smallest absolute Gasteiger partial charge is 0.243 e. The predicted octanol–water partition coefficient (Wildman–Crippen LogP) is 1.23. The number of nitrogens with zero attached hydrogens (tertiary/aromatic N) is 1. The molecule has 1 heterocycles. The van der Waals surface area contributed by atoms with Crippen molar-refractivity contribution >= 4 is 11.8 Å².